The molecule has 0 saturated carbocycles. The van der Waals surface area contributed by atoms with Crippen LogP contribution in [0.1, 0.15) is 5.56 Å². The molecule has 0 aliphatic rings. The summed E-state index contributed by atoms with van der Waals surface area (Å²) in [4.78, 5) is 13.1. The molecule has 0 amide bonds. The summed E-state index contributed by atoms with van der Waals surface area (Å²) in [5, 5.41) is 1.19. The van der Waals surface area contributed by atoms with Gasteiger partial charge in [0.1, 0.15) is 18.0 Å². The molecule has 4 rings (SSSR count). The standard InChI is InChI=1S/C22H13Cl2FO3/c23-14-7-10-16(18(24)11-14)21-22(27-12-13-5-8-15(25)9-6-13)20(26)17-3-1-2-4-19(17)28-21/h1-11H,12H2. The van der Waals surface area contributed by atoms with Gasteiger partial charge in [0.05, 0.1) is 10.4 Å². The lowest BCUT2D eigenvalue weighted by atomic mass is 10.1. The van der Waals surface area contributed by atoms with Gasteiger partial charge in [-0.15, -0.1) is 0 Å². The Labute approximate surface area is 169 Å². The van der Waals surface area contributed by atoms with E-state index in [1.54, 1.807) is 54.6 Å². The van der Waals surface area contributed by atoms with Crippen LogP contribution in [0.4, 0.5) is 4.39 Å². The van der Waals surface area contributed by atoms with Gasteiger partial charge in [0.2, 0.25) is 11.2 Å². The van der Waals surface area contributed by atoms with Gasteiger partial charge < -0.3 is 9.15 Å². The molecule has 0 N–H and O–H groups in total. The number of fused-ring (bicyclic) bond motifs is 1. The number of benzene rings is 3. The highest BCUT2D eigenvalue weighted by Gasteiger charge is 2.20. The second-order valence-corrected chi connectivity index (χ2v) is 6.97. The Morgan fingerprint density at radius 3 is 2.46 bits per heavy atom. The molecule has 28 heavy (non-hydrogen) atoms. The van der Waals surface area contributed by atoms with Gasteiger partial charge in [-0.1, -0.05) is 47.5 Å². The van der Waals surface area contributed by atoms with Crippen molar-refractivity contribution in [2.24, 2.45) is 0 Å². The van der Waals surface area contributed by atoms with Gasteiger partial charge in [-0.25, -0.2) is 4.39 Å². The van der Waals surface area contributed by atoms with E-state index in [4.69, 9.17) is 32.4 Å². The van der Waals surface area contributed by atoms with Crippen molar-refractivity contribution in [3.63, 3.8) is 0 Å². The molecule has 0 fully saturated rings. The van der Waals surface area contributed by atoms with Gasteiger partial charge in [0, 0.05) is 10.6 Å². The van der Waals surface area contributed by atoms with E-state index in [2.05, 4.69) is 0 Å². The third-order valence-electron chi connectivity index (χ3n) is 4.23. The van der Waals surface area contributed by atoms with Crippen LogP contribution in [0, 0.1) is 5.82 Å². The first-order chi connectivity index (χ1) is 13.5. The maximum absolute atomic E-state index is 13.1. The molecule has 1 aromatic heterocycles. The van der Waals surface area contributed by atoms with Crippen LogP contribution >= 0.6 is 23.2 Å². The highest BCUT2D eigenvalue weighted by molar-refractivity contribution is 6.36. The zero-order chi connectivity index (χ0) is 19.7. The molecule has 3 aromatic carbocycles. The van der Waals surface area contributed by atoms with Gasteiger partial charge in [0.15, 0.2) is 5.76 Å². The molecule has 140 valence electrons. The van der Waals surface area contributed by atoms with E-state index in [0.29, 0.717) is 32.1 Å². The van der Waals surface area contributed by atoms with Gasteiger partial charge in [-0.05, 0) is 48.0 Å². The fourth-order valence-electron chi connectivity index (χ4n) is 2.84. The molecule has 0 radical (unpaired) electrons. The largest absolute Gasteiger partial charge is 0.481 e. The Kier molecular flexibility index (Phi) is 5.07. The molecule has 0 aliphatic heterocycles. The minimum absolute atomic E-state index is 0.0345. The Bertz CT molecular complexity index is 1220. The Morgan fingerprint density at radius 2 is 1.71 bits per heavy atom. The number of para-hydroxylation sites is 1. The van der Waals surface area contributed by atoms with Crippen molar-refractivity contribution in [2.75, 3.05) is 0 Å². The van der Waals surface area contributed by atoms with Crippen LogP contribution in [0.5, 0.6) is 5.75 Å². The molecule has 1 heterocycles. The summed E-state index contributed by atoms with van der Waals surface area (Å²) in [5.74, 6) is -0.0951. The first-order valence-electron chi connectivity index (χ1n) is 8.41. The van der Waals surface area contributed by atoms with Gasteiger partial charge in [-0.3, -0.25) is 4.79 Å². The van der Waals surface area contributed by atoms with E-state index in [0.717, 1.165) is 0 Å². The Morgan fingerprint density at radius 1 is 0.964 bits per heavy atom. The van der Waals surface area contributed by atoms with Gasteiger partial charge in [0.25, 0.3) is 0 Å². The number of hydrogen-bond donors (Lipinski definition) is 0. The predicted octanol–water partition coefficient (Wildman–Crippen LogP) is 6.48. The van der Waals surface area contributed by atoms with Crippen molar-refractivity contribution in [1.82, 2.24) is 0 Å². The lowest BCUT2D eigenvalue weighted by Crippen LogP contribution is -2.10. The maximum Gasteiger partial charge on any atom is 0.235 e. The monoisotopic (exact) mass is 414 g/mol. The van der Waals surface area contributed by atoms with E-state index >= 15 is 0 Å². The molecule has 6 heteroatoms. The van der Waals surface area contributed by atoms with E-state index in [1.165, 1.54) is 12.1 Å². The van der Waals surface area contributed by atoms with E-state index < -0.39 is 0 Å². The topological polar surface area (TPSA) is 39.4 Å². The van der Waals surface area contributed by atoms with Crippen molar-refractivity contribution in [1.29, 1.82) is 0 Å². The van der Waals surface area contributed by atoms with Crippen molar-refractivity contribution in [3.05, 3.63) is 98.4 Å². The molecule has 3 nitrogen and oxygen atoms in total. The van der Waals surface area contributed by atoms with Crippen molar-refractivity contribution >= 4 is 34.2 Å². The summed E-state index contributed by atoms with van der Waals surface area (Å²) in [6.07, 6.45) is 0. The summed E-state index contributed by atoms with van der Waals surface area (Å²) in [6, 6.07) is 17.6. The summed E-state index contributed by atoms with van der Waals surface area (Å²) in [5.41, 5.74) is 1.30. The van der Waals surface area contributed by atoms with Gasteiger partial charge >= 0.3 is 0 Å². The second kappa shape index (κ2) is 7.66. The summed E-state index contributed by atoms with van der Waals surface area (Å²) >= 11 is 12.3. The predicted molar refractivity (Wildman–Crippen MR) is 109 cm³/mol. The lowest BCUT2D eigenvalue weighted by molar-refractivity contribution is 0.297. The maximum atomic E-state index is 13.1. The molecule has 0 spiro atoms. The quantitative estimate of drug-likeness (QED) is 0.383. The molecular weight excluding hydrogens is 402 g/mol. The summed E-state index contributed by atoms with van der Waals surface area (Å²) in [6.45, 7) is 0.0710. The fraction of sp³-hybridized carbons (Fsp3) is 0.0455. The zero-order valence-electron chi connectivity index (χ0n) is 14.4. The van der Waals surface area contributed by atoms with Gasteiger partial charge in [-0.2, -0.15) is 0 Å². The Balaban J connectivity index is 1.85. The zero-order valence-corrected chi connectivity index (χ0v) is 15.9. The SMILES string of the molecule is O=c1c(OCc2ccc(F)cc2)c(-c2ccc(Cl)cc2Cl)oc2ccccc12. The number of ether oxygens (including phenoxy) is 1. The average Bonchev–Trinajstić information content (AvgIpc) is 2.69. The third-order valence-corrected chi connectivity index (χ3v) is 4.78. The molecule has 0 atom stereocenters. The molecule has 4 aromatic rings. The molecule has 0 unspecified atom stereocenters. The molecule has 0 saturated heterocycles. The van der Waals surface area contributed by atoms with Crippen LogP contribution in [0.25, 0.3) is 22.3 Å². The number of rotatable bonds is 4. The third kappa shape index (κ3) is 3.61. The van der Waals surface area contributed by atoms with Crippen LogP contribution in [0.2, 0.25) is 10.0 Å². The Hall–Kier alpha value is -2.82. The minimum Gasteiger partial charge on any atom is -0.481 e. The smallest absolute Gasteiger partial charge is 0.235 e. The normalized spacial score (nSPS) is 11.0. The van der Waals surface area contributed by atoms with E-state index in [9.17, 15) is 9.18 Å². The van der Waals surface area contributed by atoms with Crippen molar-refractivity contribution < 1.29 is 13.5 Å². The number of halogens is 3. The fourth-order valence-corrected chi connectivity index (χ4v) is 3.34. The minimum atomic E-state index is -0.345. The highest BCUT2D eigenvalue weighted by Crippen LogP contribution is 2.36. The van der Waals surface area contributed by atoms with Crippen LogP contribution in [-0.2, 0) is 6.61 Å². The van der Waals surface area contributed by atoms with Crippen LogP contribution in [0.15, 0.2) is 75.9 Å². The van der Waals surface area contributed by atoms with Crippen molar-refractivity contribution in [2.45, 2.75) is 6.61 Å². The molecule has 0 aliphatic carbocycles. The van der Waals surface area contributed by atoms with Crippen LogP contribution < -0.4 is 10.2 Å². The summed E-state index contributed by atoms with van der Waals surface area (Å²) in [7, 11) is 0. The lowest BCUT2D eigenvalue weighted by Gasteiger charge is -2.13. The molecular formula is C22H13Cl2FO3. The van der Waals surface area contributed by atoms with Crippen LogP contribution in [0.3, 0.4) is 0 Å². The van der Waals surface area contributed by atoms with E-state index in [1.807, 2.05) is 0 Å². The van der Waals surface area contributed by atoms with Crippen LogP contribution in [-0.4, -0.2) is 0 Å². The summed E-state index contributed by atoms with van der Waals surface area (Å²) < 4.78 is 24.9. The first-order valence-corrected chi connectivity index (χ1v) is 9.17. The molecule has 0 bridgehead atoms. The number of hydrogen-bond acceptors (Lipinski definition) is 3. The first kappa shape index (κ1) is 18.5. The van der Waals surface area contributed by atoms with E-state index in [-0.39, 0.29) is 29.4 Å². The van der Waals surface area contributed by atoms with Crippen molar-refractivity contribution in [3.8, 4) is 17.1 Å². The average molecular weight is 415 g/mol. The second-order valence-electron chi connectivity index (χ2n) is 6.12. The highest BCUT2D eigenvalue weighted by atomic mass is 35.5.